The molecule has 0 amide bonds. The quantitative estimate of drug-likeness (QED) is 0.535. The third kappa shape index (κ3) is 3.66. The average Bonchev–Trinajstić information content (AvgIpc) is 3.19. The summed E-state index contributed by atoms with van der Waals surface area (Å²) >= 11 is 6.16. The number of para-hydroxylation sites is 1. The molecule has 1 N–H and O–H groups in total. The van der Waals surface area contributed by atoms with Gasteiger partial charge in [-0.15, -0.1) is 0 Å². The number of halogens is 4. The van der Waals surface area contributed by atoms with Crippen LogP contribution in [0.3, 0.4) is 0 Å². The number of rotatable bonds is 4. The highest BCUT2D eigenvalue weighted by atomic mass is 35.5. The summed E-state index contributed by atoms with van der Waals surface area (Å²) in [5.41, 5.74) is -1.35. The van der Waals surface area contributed by atoms with E-state index in [1.54, 1.807) is 12.1 Å². The molecule has 0 atom stereocenters. The van der Waals surface area contributed by atoms with E-state index >= 15 is 0 Å². The molecule has 29 heavy (non-hydrogen) atoms. The number of nitrogens with one attached hydrogen (secondary N) is 1. The van der Waals surface area contributed by atoms with E-state index < -0.39 is 17.6 Å². The van der Waals surface area contributed by atoms with E-state index in [0.717, 1.165) is 10.6 Å². The summed E-state index contributed by atoms with van der Waals surface area (Å²) in [4.78, 5) is 20.4. The molecule has 0 unspecified atom stereocenters. The van der Waals surface area contributed by atoms with Gasteiger partial charge in [0.25, 0.3) is 0 Å². The topological polar surface area (TPSA) is 85.8 Å². The van der Waals surface area contributed by atoms with Crippen molar-refractivity contribution in [1.29, 1.82) is 0 Å². The molecule has 0 fully saturated rings. The molecule has 0 radical (unpaired) electrons. The van der Waals surface area contributed by atoms with Crippen molar-refractivity contribution in [2.24, 2.45) is 0 Å². The second-order valence-corrected chi connectivity index (χ2v) is 6.39. The summed E-state index contributed by atoms with van der Waals surface area (Å²) in [5, 5.41) is 6.85. The number of fused-ring (bicyclic) bond motifs is 1. The Morgan fingerprint density at radius 1 is 1.14 bits per heavy atom. The Morgan fingerprint density at radius 2 is 1.93 bits per heavy atom. The smallest absolute Gasteiger partial charge is 0.365 e. The summed E-state index contributed by atoms with van der Waals surface area (Å²) in [6.45, 7) is 0.197. The molecule has 0 aliphatic heterocycles. The van der Waals surface area contributed by atoms with E-state index in [-0.39, 0.29) is 34.1 Å². The lowest BCUT2D eigenvalue weighted by Gasteiger charge is -2.15. The maximum Gasteiger partial charge on any atom is 0.433 e. The van der Waals surface area contributed by atoms with Crippen LogP contribution in [0.4, 0.5) is 19.0 Å². The molecule has 3 aromatic heterocycles. The van der Waals surface area contributed by atoms with Gasteiger partial charge in [0.2, 0.25) is 0 Å². The van der Waals surface area contributed by atoms with Crippen LogP contribution < -0.4 is 11.0 Å². The molecule has 0 aliphatic rings. The monoisotopic (exact) mass is 421 g/mol. The number of nitrogens with zero attached hydrogens (tertiary/aromatic N) is 4. The fraction of sp³-hybridized carbons (Fsp3) is 0.111. The number of aromatic nitrogens is 4. The summed E-state index contributed by atoms with van der Waals surface area (Å²) in [5.74, 6) is 0.0794. The molecule has 0 aliphatic carbocycles. The minimum atomic E-state index is -4.69. The molecule has 0 saturated carbocycles. The van der Waals surface area contributed by atoms with Crippen LogP contribution in [0.1, 0.15) is 11.3 Å². The van der Waals surface area contributed by atoms with Gasteiger partial charge >= 0.3 is 11.9 Å². The van der Waals surface area contributed by atoms with Gasteiger partial charge in [0.05, 0.1) is 22.3 Å². The largest absolute Gasteiger partial charge is 0.433 e. The van der Waals surface area contributed by atoms with Crippen LogP contribution in [0.2, 0.25) is 5.02 Å². The number of benzene rings is 1. The molecule has 0 saturated heterocycles. The molecule has 0 spiro atoms. The van der Waals surface area contributed by atoms with E-state index in [2.05, 4.69) is 20.4 Å². The summed E-state index contributed by atoms with van der Waals surface area (Å²) in [7, 11) is 0. The molecule has 0 bridgehead atoms. The zero-order valence-corrected chi connectivity index (χ0v) is 15.2. The van der Waals surface area contributed by atoms with Crippen molar-refractivity contribution in [3.05, 3.63) is 75.6 Å². The van der Waals surface area contributed by atoms with E-state index in [0.29, 0.717) is 5.56 Å². The van der Waals surface area contributed by atoms with Gasteiger partial charge in [0, 0.05) is 12.1 Å². The van der Waals surface area contributed by atoms with Gasteiger partial charge in [-0.1, -0.05) is 28.9 Å². The zero-order chi connectivity index (χ0) is 20.6. The van der Waals surface area contributed by atoms with Crippen LogP contribution >= 0.6 is 11.6 Å². The van der Waals surface area contributed by atoms with Crippen molar-refractivity contribution in [1.82, 2.24) is 19.7 Å². The molecule has 11 heteroatoms. The van der Waals surface area contributed by atoms with Crippen LogP contribution in [-0.2, 0) is 12.7 Å². The highest BCUT2D eigenvalue weighted by Gasteiger charge is 2.33. The minimum absolute atomic E-state index is 0.0794. The molecule has 1 aromatic carbocycles. The number of alkyl halides is 3. The van der Waals surface area contributed by atoms with Gasteiger partial charge in [0.15, 0.2) is 5.65 Å². The van der Waals surface area contributed by atoms with Crippen molar-refractivity contribution in [2.75, 3.05) is 5.32 Å². The predicted octanol–water partition coefficient (Wildman–Crippen LogP) is 4.05. The van der Waals surface area contributed by atoms with Crippen molar-refractivity contribution in [3.63, 3.8) is 0 Å². The lowest BCUT2D eigenvalue weighted by atomic mass is 10.2. The van der Waals surface area contributed by atoms with Gasteiger partial charge in [-0.25, -0.2) is 14.3 Å². The predicted molar refractivity (Wildman–Crippen MR) is 99.0 cm³/mol. The van der Waals surface area contributed by atoms with Crippen molar-refractivity contribution < 1.29 is 17.7 Å². The van der Waals surface area contributed by atoms with Crippen LogP contribution in [0.15, 0.2) is 58.2 Å². The van der Waals surface area contributed by atoms with Gasteiger partial charge < -0.3 is 9.84 Å². The number of hydrogen-bond donors (Lipinski definition) is 1. The Hall–Kier alpha value is -3.40. The van der Waals surface area contributed by atoms with Crippen molar-refractivity contribution in [3.8, 4) is 5.69 Å². The van der Waals surface area contributed by atoms with E-state index in [1.165, 1.54) is 30.7 Å². The summed E-state index contributed by atoms with van der Waals surface area (Å²) < 4.78 is 45.4. The second-order valence-electron chi connectivity index (χ2n) is 5.98. The van der Waals surface area contributed by atoms with Gasteiger partial charge in [0.1, 0.15) is 17.8 Å². The lowest BCUT2D eigenvalue weighted by Crippen LogP contribution is -2.25. The van der Waals surface area contributed by atoms with Gasteiger partial charge in [-0.05, 0) is 24.3 Å². The minimum Gasteiger partial charge on any atom is -0.365 e. The first-order valence-electron chi connectivity index (χ1n) is 8.22. The fourth-order valence-corrected chi connectivity index (χ4v) is 2.96. The normalized spacial score (nSPS) is 11.7. The van der Waals surface area contributed by atoms with Gasteiger partial charge in [-0.2, -0.15) is 18.2 Å². The van der Waals surface area contributed by atoms with Crippen molar-refractivity contribution >= 4 is 28.5 Å². The maximum atomic E-state index is 13.2. The average molecular weight is 422 g/mol. The van der Waals surface area contributed by atoms with Crippen LogP contribution in [0, 0.1) is 0 Å². The molecule has 148 valence electrons. The van der Waals surface area contributed by atoms with E-state index in [9.17, 15) is 18.0 Å². The van der Waals surface area contributed by atoms with Gasteiger partial charge in [-0.3, -0.25) is 0 Å². The first kappa shape index (κ1) is 18.9. The Morgan fingerprint density at radius 3 is 2.62 bits per heavy atom. The fourth-order valence-electron chi connectivity index (χ4n) is 2.74. The molecule has 3 heterocycles. The van der Waals surface area contributed by atoms with E-state index in [1.807, 2.05) is 0 Å². The highest BCUT2D eigenvalue weighted by molar-refractivity contribution is 6.32. The first-order chi connectivity index (χ1) is 13.8. The first-order valence-corrected chi connectivity index (χ1v) is 8.60. The molecule has 7 nitrogen and oxygen atoms in total. The third-order valence-corrected chi connectivity index (χ3v) is 4.39. The summed E-state index contributed by atoms with van der Waals surface area (Å²) in [6, 6.07) is 8.29. The summed E-state index contributed by atoms with van der Waals surface area (Å²) in [6.07, 6.45) is -1.84. The number of hydrogen-bond acceptors (Lipinski definition) is 6. The SMILES string of the molecule is O=c1nc(NCc2cnoc2)c2ccc(C(F)(F)F)nc2n1-c1ccccc1Cl. The lowest BCUT2D eigenvalue weighted by molar-refractivity contribution is -0.141. The Labute approximate surface area is 165 Å². The van der Waals surface area contributed by atoms with Crippen molar-refractivity contribution in [2.45, 2.75) is 12.7 Å². The third-order valence-electron chi connectivity index (χ3n) is 4.07. The molecular weight excluding hydrogens is 411 g/mol. The molecule has 4 aromatic rings. The zero-order valence-electron chi connectivity index (χ0n) is 14.4. The van der Waals surface area contributed by atoms with E-state index in [4.69, 9.17) is 16.1 Å². The van der Waals surface area contributed by atoms with Crippen LogP contribution in [0.25, 0.3) is 16.7 Å². The standard InChI is InChI=1S/C18H11ClF3N5O2/c19-12-3-1-2-4-13(12)27-16-11(5-6-14(25-16)18(20,21)22)15(26-17(27)28)23-7-10-8-24-29-9-10/h1-6,8-9H,7H2,(H,23,26,28). The second kappa shape index (κ2) is 7.21. The van der Waals surface area contributed by atoms with Crippen LogP contribution in [0.5, 0.6) is 0 Å². The number of pyridine rings is 1. The maximum absolute atomic E-state index is 13.2. The number of anilines is 1. The highest BCUT2D eigenvalue weighted by Crippen LogP contribution is 2.31. The Kier molecular flexibility index (Phi) is 4.71. The molecule has 4 rings (SSSR count). The van der Waals surface area contributed by atoms with Crippen LogP contribution in [-0.4, -0.2) is 19.7 Å². The molecular formula is C18H11ClF3N5O2. The Balaban J connectivity index is 1.95. The Bertz CT molecular complexity index is 1240.